The number of thiazole rings is 1. The Morgan fingerprint density at radius 3 is 2.73 bits per heavy atom. The molecule has 4 aromatic heterocycles. The number of nitrogens with one attached hydrogen (secondary N) is 2. The van der Waals surface area contributed by atoms with E-state index in [1.165, 1.54) is 11.3 Å². The number of anilines is 5. The van der Waals surface area contributed by atoms with Crippen molar-refractivity contribution < 1.29 is 9.53 Å². The van der Waals surface area contributed by atoms with Crippen molar-refractivity contribution >= 4 is 56.4 Å². The number of tetrazole rings is 1. The number of aromatic amines is 1. The maximum atomic E-state index is 12.4. The third kappa shape index (κ3) is 5.47. The molecule has 14 heteroatoms. The molecule has 0 radical (unpaired) electrons. The Morgan fingerprint density at radius 1 is 1.17 bits per heavy atom. The van der Waals surface area contributed by atoms with Crippen molar-refractivity contribution in [2.45, 2.75) is 33.7 Å². The summed E-state index contributed by atoms with van der Waals surface area (Å²) in [6.07, 6.45) is 0.830. The molecule has 41 heavy (non-hydrogen) atoms. The number of aryl methyl sites for hydroxylation is 1. The zero-order chi connectivity index (χ0) is 28.3. The van der Waals surface area contributed by atoms with Crippen LogP contribution < -0.4 is 15.1 Å². The molecule has 2 N–H and O–H groups in total. The van der Waals surface area contributed by atoms with Gasteiger partial charge in [0.05, 0.1) is 17.3 Å². The largest absolute Gasteiger partial charge is 0.462 e. The summed E-state index contributed by atoms with van der Waals surface area (Å²) < 4.78 is 5.19. The first kappa shape index (κ1) is 26.8. The number of carbonyl (C=O) groups excluding carboxylic acids is 1. The molecule has 1 aliphatic rings. The fourth-order valence-electron chi connectivity index (χ4n) is 4.76. The number of fused-ring (bicyclic) bond motifs is 1. The Hall–Kier alpha value is -4.43. The summed E-state index contributed by atoms with van der Waals surface area (Å²) in [4.78, 5) is 31.8. The van der Waals surface area contributed by atoms with Crippen molar-refractivity contribution in [3.63, 3.8) is 0 Å². The number of benzene rings is 1. The third-order valence-corrected chi connectivity index (χ3v) is 8.59. The van der Waals surface area contributed by atoms with E-state index in [2.05, 4.69) is 71.2 Å². The third-order valence-electron chi connectivity index (χ3n) is 6.65. The number of carbonyl (C=O) groups is 1. The van der Waals surface area contributed by atoms with Crippen LogP contribution in [0.2, 0.25) is 0 Å². The van der Waals surface area contributed by atoms with Crippen LogP contribution in [0.25, 0.3) is 11.4 Å². The van der Waals surface area contributed by atoms with Gasteiger partial charge >= 0.3 is 5.97 Å². The van der Waals surface area contributed by atoms with Crippen LogP contribution in [-0.4, -0.2) is 61.2 Å². The Kier molecular flexibility index (Phi) is 7.57. The monoisotopic (exact) mass is 588 g/mol. The van der Waals surface area contributed by atoms with E-state index < -0.39 is 0 Å². The number of H-pyrrole nitrogens is 1. The van der Waals surface area contributed by atoms with Crippen LogP contribution in [0.4, 0.5) is 27.7 Å². The summed E-state index contributed by atoms with van der Waals surface area (Å²) in [7, 11) is 0. The second-order valence-electron chi connectivity index (χ2n) is 9.25. The average Bonchev–Trinajstić information content (AvgIpc) is 3.79. The molecule has 0 aliphatic carbocycles. The summed E-state index contributed by atoms with van der Waals surface area (Å²) in [6.45, 7) is 8.27. The highest BCUT2D eigenvalue weighted by Crippen LogP contribution is 2.39. The van der Waals surface area contributed by atoms with Crippen LogP contribution in [0, 0.1) is 6.92 Å². The summed E-state index contributed by atoms with van der Waals surface area (Å²) in [5.41, 5.74) is 3.75. The topological polar surface area (TPSA) is 138 Å². The van der Waals surface area contributed by atoms with Gasteiger partial charge in [0.15, 0.2) is 5.13 Å². The van der Waals surface area contributed by atoms with Gasteiger partial charge in [-0.25, -0.2) is 9.78 Å². The van der Waals surface area contributed by atoms with Gasteiger partial charge in [-0.2, -0.15) is 15.2 Å². The zero-order valence-electron chi connectivity index (χ0n) is 22.8. The van der Waals surface area contributed by atoms with Gasteiger partial charge in [-0.15, -0.1) is 21.5 Å². The van der Waals surface area contributed by atoms with Crippen LogP contribution in [0.15, 0.2) is 41.8 Å². The standard InChI is InChI=1S/C27H28N10O2S2/c1-4-37(20-7-6-14-40-20)24-19-12-13-36(15-17-8-10-18(11-9-17)22-32-34-35-33-22)23(19)29-26(30-24)31-27-28-16(3)21(41-27)25(38)39-5-2/h6-11,14H,4-5,12-13,15H2,1-3H3,(H,28,29,30,31)(H,32,33,34,35). The van der Waals surface area contributed by atoms with Crippen LogP contribution in [0.5, 0.6) is 0 Å². The first-order valence-corrected chi connectivity index (χ1v) is 14.9. The van der Waals surface area contributed by atoms with Crippen molar-refractivity contribution in [2.75, 3.05) is 34.8 Å². The van der Waals surface area contributed by atoms with Crippen LogP contribution in [0.3, 0.4) is 0 Å². The number of hydrogen-bond donors (Lipinski definition) is 2. The van der Waals surface area contributed by atoms with Crippen LogP contribution in [-0.2, 0) is 17.7 Å². The van der Waals surface area contributed by atoms with E-state index in [0.717, 1.165) is 52.8 Å². The first-order chi connectivity index (χ1) is 20.0. The highest BCUT2D eigenvalue weighted by Gasteiger charge is 2.29. The molecule has 5 heterocycles. The maximum Gasteiger partial charge on any atom is 0.350 e. The predicted molar refractivity (Wildman–Crippen MR) is 159 cm³/mol. The molecule has 0 saturated heterocycles. The van der Waals surface area contributed by atoms with Gasteiger partial charge in [0.1, 0.15) is 16.5 Å². The predicted octanol–water partition coefficient (Wildman–Crippen LogP) is 5.12. The summed E-state index contributed by atoms with van der Waals surface area (Å²) in [5, 5.41) is 21.2. The molecular formula is C27H28N10O2S2. The minimum atomic E-state index is -0.377. The van der Waals surface area contributed by atoms with E-state index in [-0.39, 0.29) is 5.97 Å². The minimum absolute atomic E-state index is 0.307. The van der Waals surface area contributed by atoms with Crippen molar-refractivity contribution in [3.8, 4) is 11.4 Å². The molecule has 0 bridgehead atoms. The van der Waals surface area contributed by atoms with Crippen LogP contribution >= 0.6 is 22.7 Å². The fraction of sp³-hybridized carbons (Fsp3) is 0.296. The lowest BCUT2D eigenvalue weighted by Crippen LogP contribution is -2.22. The van der Waals surface area contributed by atoms with Crippen LogP contribution in [0.1, 0.15) is 40.3 Å². The van der Waals surface area contributed by atoms with Gasteiger partial charge in [0, 0.05) is 30.8 Å². The molecule has 1 aliphatic heterocycles. The number of esters is 1. The Labute approximate surface area is 244 Å². The molecular weight excluding hydrogens is 560 g/mol. The van der Waals surface area contributed by atoms with E-state index in [1.54, 1.807) is 25.2 Å². The molecule has 0 amide bonds. The van der Waals surface area contributed by atoms with Gasteiger partial charge in [-0.1, -0.05) is 35.6 Å². The van der Waals surface area contributed by atoms with Crippen molar-refractivity contribution in [3.05, 3.63) is 63.5 Å². The molecule has 0 atom stereocenters. The van der Waals surface area contributed by atoms with Crippen molar-refractivity contribution in [1.29, 1.82) is 0 Å². The van der Waals surface area contributed by atoms with Crippen molar-refractivity contribution in [1.82, 2.24) is 35.6 Å². The number of thiophene rings is 1. The van der Waals surface area contributed by atoms with Gasteiger partial charge in [-0.3, -0.25) is 5.32 Å². The summed E-state index contributed by atoms with van der Waals surface area (Å²) in [6, 6.07) is 12.3. The molecule has 0 saturated carbocycles. The van der Waals surface area contributed by atoms with Gasteiger partial charge in [0.25, 0.3) is 0 Å². The van der Waals surface area contributed by atoms with Gasteiger partial charge < -0.3 is 14.5 Å². The molecule has 0 fully saturated rings. The lowest BCUT2D eigenvalue weighted by Gasteiger charge is -2.24. The lowest BCUT2D eigenvalue weighted by atomic mass is 10.1. The minimum Gasteiger partial charge on any atom is -0.462 e. The summed E-state index contributed by atoms with van der Waals surface area (Å²) in [5.74, 6) is 2.37. The normalized spacial score (nSPS) is 12.4. The van der Waals surface area contributed by atoms with Gasteiger partial charge in [-0.05, 0) is 55.5 Å². The molecule has 0 unspecified atom stereocenters. The van der Waals surface area contributed by atoms with E-state index in [1.807, 2.05) is 18.2 Å². The quantitative estimate of drug-likeness (QED) is 0.210. The second kappa shape index (κ2) is 11.6. The lowest BCUT2D eigenvalue weighted by molar-refractivity contribution is 0.0531. The molecule has 5 aromatic rings. The molecule has 0 spiro atoms. The van der Waals surface area contributed by atoms with E-state index in [9.17, 15) is 4.79 Å². The maximum absolute atomic E-state index is 12.4. The SMILES string of the molecule is CCOC(=O)c1sc(Nc2nc3c(c(N(CC)c4cccs4)n2)CCN3Cc2ccc(-c3nn[nH]n3)cc2)nc1C. The average molecular weight is 589 g/mol. The van der Waals surface area contributed by atoms with Gasteiger partial charge in [0.2, 0.25) is 11.8 Å². The number of nitrogens with zero attached hydrogens (tertiary/aromatic N) is 8. The fourth-order valence-corrected chi connectivity index (χ4v) is 6.41. The first-order valence-electron chi connectivity index (χ1n) is 13.2. The van der Waals surface area contributed by atoms with E-state index >= 15 is 0 Å². The smallest absolute Gasteiger partial charge is 0.350 e. The highest BCUT2D eigenvalue weighted by atomic mass is 32.1. The Balaban J connectivity index is 1.33. The number of rotatable bonds is 10. The highest BCUT2D eigenvalue weighted by molar-refractivity contribution is 7.17. The second-order valence-corrected chi connectivity index (χ2v) is 11.2. The Morgan fingerprint density at radius 2 is 2.02 bits per heavy atom. The van der Waals surface area contributed by atoms with E-state index in [4.69, 9.17) is 14.7 Å². The number of ether oxygens (including phenoxy) is 1. The number of aromatic nitrogens is 7. The number of hydrogen-bond acceptors (Lipinski definition) is 13. The van der Waals surface area contributed by atoms with Crippen molar-refractivity contribution in [2.24, 2.45) is 0 Å². The molecule has 12 nitrogen and oxygen atoms in total. The summed E-state index contributed by atoms with van der Waals surface area (Å²) >= 11 is 2.91. The Bertz CT molecular complexity index is 1640. The molecule has 1 aromatic carbocycles. The van der Waals surface area contributed by atoms with E-state index in [0.29, 0.717) is 40.6 Å². The molecule has 6 rings (SSSR count). The molecule has 210 valence electrons. The zero-order valence-corrected chi connectivity index (χ0v) is 24.4.